The number of hydrogen-bond acceptors (Lipinski definition) is 5. The topological polar surface area (TPSA) is 95.1 Å². The third kappa shape index (κ3) is 3.20. The average molecular weight is 478 g/mol. The second-order valence-corrected chi connectivity index (χ2v) is 11.9. The van der Waals surface area contributed by atoms with Gasteiger partial charge in [0.15, 0.2) is 10.9 Å². The fourth-order valence-corrected chi connectivity index (χ4v) is 8.71. The Hall–Kier alpha value is -2.51. The monoisotopic (exact) mass is 477 g/mol. The molecule has 0 aliphatic heterocycles. The number of aromatic nitrogens is 2. The van der Waals surface area contributed by atoms with Crippen LogP contribution in [-0.4, -0.2) is 32.9 Å². The maximum Gasteiger partial charge on any atom is 0.273 e. The van der Waals surface area contributed by atoms with Gasteiger partial charge in [0, 0.05) is 28.8 Å². The summed E-state index contributed by atoms with van der Waals surface area (Å²) in [6.07, 6.45) is 11.8. The summed E-state index contributed by atoms with van der Waals surface area (Å²) >= 11 is 1.47. The first kappa shape index (κ1) is 22.0. The number of thiazole rings is 1. The quantitative estimate of drug-likeness (QED) is 0.574. The van der Waals surface area contributed by atoms with Crippen molar-refractivity contribution in [2.24, 2.45) is 28.6 Å². The van der Waals surface area contributed by atoms with Crippen molar-refractivity contribution in [3.05, 3.63) is 58.9 Å². The van der Waals surface area contributed by atoms with Gasteiger partial charge in [0.2, 0.25) is 0 Å². The molecule has 34 heavy (non-hydrogen) atoms. The first-order valence-electron chi connectivity index (χ1n) is 12.3. The van der Waals surface area contributed by atoms with Crippen LogP contribution in [0.3, 0.4) is 0 Å². The Bertz CT molecular complexity index is 1200. The summed E-state index contributed by atoms with van der Waals surface area (Å²) in [6, 6.07) is 3.55. The summed E-state index contributed by atoms with van der Waals surface area (Å²) < 4.78 is 0. The van der Waals surface area contributed by atoms with Gasteiger partial charge in [-0.1, -0.05) is 25.5 Å². The van der Waals surface area contributed by atoms with Crippen molar-refractivity contribution in [2.75, 3.05) is 5.32 Å². The molecule has 2 heterocycles. The number of aromatic amines is 1. The number of fused-ring (bicyclic) bond motifs is 5. The molecule has 3 saturated carbocycles. The van der Waals surface area contributed by atoms with Crippen LogP contribution in [0, 0.1) is 28.6 Å². The molecule has 178 valence electrons. The van der Waals surface area contributed by atoms with Gasteiger partial charge >= 0.3 is 0 Å². The van der Waals surface area contributed by atoms with Crippen molar-refractivity contribution in [3.63, 3.8) is 0 Å². The number of amides is 1. The molecule has 0 saturated heterocycles. The zero-order valence-electron chi connectivity index (χ0n) is 19.6. The van der Waals surface area contributed by atoms with Crippen LogP contribution in [0.15, 0.2) is 47.5 Å². The molecule has 4 aliphatic carbocycles. The van der Waals surface area contributed by atoms with E-state index in [-0.39, 0.29) is 34.4 Å². The van der Waals surface area contributed by atoms with Crippen LogP contribution in [0.25, 0.3) is 0 Å². The number of allylic oxidation sites excluding steroid dienone is 4. The lowest BCUT2D eigenvalue weighted by Crippen LogP contribution is -2.55. The summed E-state index contributed by atoms with van der Waals surface area (Å²) in [5.41, 5.74) is 2.49. The molecule has 7 atom stereocenters. The van der Waals surface area contributed by atoms with E-state index < -0.39 is 6.10 Å². The molecule has 3 fully saturated rings. The molecular weight excluding hydrogens is 446 g/mol. The van der Waals surface area contributed by atoms with Crippen LogP contribution >= 0.6 is 11.3 Å². The molecule has 0 spiro atoms. The van der Waals surface area contributed by atoms with Gasteiger partial charge in [-0.15, -0.1) is 11.3 Å². The molecule has 6 nitrogen and oxygen atoms in total. The lowest BCUT2D eigenvalue weighted by molar-refractivity contribution is -0.115. The van der Waals surface area contributed by atoms with Gasteiger partial charge < -0.3 is 10.1 Å². The minimum absolute atomic E-state index is 0.0266. The Labute approximate surface area is 203 Å². The van der Waals surface area contributed by atoms with Crippen LogP contribution in [0.4, 0.5) is 5.13 Å². The summed E-state index contributed by atoms with van der Waals surface area (Å²) in [7, 11) is 0. The molecule has 2 aromatic heterocycles. The van der Waals surface area contributed by atoms with Crippen LogP contribution in [0.2, 0.25) is 0 Å². The second kappa shape index (κ2) is 7.75. The first-order chi connectivity index (χ1) is 16.3. The number of carbonyl (C=O) groups excluding carboxylic acids is 2. The number of aliphatic hydroxyl groups excluding tert-OH is 1. The Morgan fingerprint density at radius 2 is 2.15 bits per heavy atom. The number of nitrogens with zero attached hydrogens (tertiary/aromatic N) is 1. The van der Waals surface area contributed by atoms with Gasteiger partial charge in [0.05, 0.1) is 11.8 Å². The van der Waals surface area contributed by atoms with Gasteiger partial charge in [0.25, 0.3) is 5.91 Å². The first-order valence-corrected chi connectivity index (χ1v) is 13.2. The van der Waals surface area contributed by atoms with Crippen LogP contribution < -0.4 is 5.32 Å². The predicted octanol–water partition coefficient (Wildman–Crippen LogP) is 5.09. The molecule has 2 aromatic rings. The van der Waals surface area contributed by atoms with Crippen molar-refractivity contribution < 1.29 is 14.7 Å². The normalized spacial score (nSPS) is 38.6. The van der Waals surface area contributed by atoms with Crippen molar-refractivity contribution in [2.45, 2.75) is 58.0 Å². The third-order valence-corrected chi connectivity index (χ3v) is 10.2. The number of aliphatic hydroxyl groups is 1. The number of nitrogens with one attached hydrogen (secondary N) is 2. The zero-order valence-corrected chi connectivity index (χ0v) is 20.4. The van der Waals surface area contributed by atoms with E-state index in [0.29, 0.717) is 22.7 Å². The molecule has 7 heteroatoms. The van der Waals surface area contributed by atoms with Crippen molar-refractivity contribution in [1.82, 2.24) is 9.97 Å². The summed E-state index contributed by atoms with van der Waals surface area (Å²) in [4.78, 5) is 32.2. The van der Waals surface area contributed by atoms with Crippen molar-refractivity contribution >= 4 is 28.2 Å². The fraction of sp³-hybridized carbons (Fsp3) is 0.519. The summed E-state index contributed by atoms with van der Waals surface area (Å²) in [5.74, 6) is 1.27. The Balaban J connectivity index is 1.26. The predicted molar refractivity (Wildman–Crippen MR) is 132 cm³/mol. The Morgan fingerprint density at radius 3 is 2.94 bits per heavy atom. The average Bonchev–Trinajstić information content (AvgIpc) is 3.53. The van der Waals surface area contributed by atoms with E-state index in [9.17, 15) is 14.7 Å². The number of carbonyl (C=O) groups is 2. The van der Waals surface area contributed by atoms with E-state index >= 15 is 0 Å². The van der Waals surface area contributed by atoms with Gasteiger partial charge in [-0.05, 0) is 73.6 Å². The number of anilines is 1. The molecule has 3 N–H and O–H groups in total. The SMILES string of the molecule is CC12C=CC(=O)C=C1CCC1C2C(O)CC2(C)C(c3csc(NC(=O)c4ccc[nH]4)n3)CCC12. The summed E-state index contributed by atoms with van der Waals surface area (Å²) in [6.45, 7) is 4.57. The fourth-order valence-electron chi connectivity index (χ4n) is 7.95. The van der Waals surface area contributed by atoms with Crippen molar-refractivity contribution in [3.8, 4) is 0 Å². The number of ketones is 1. The summed E-state index contributed by atoms with van der Waals surface area (Å²) in [5, 5.41) is 17.2. The molecule has 0 aromatic carbocycles. The highest BCUT2D eigenvalue weighted by molar-refractivity contribution is 7.14. The highest BCUT2D eigenvalue weighted by Crippen LogP contribution is 2.67. The second-order valence-electron chi connectivity index (χ2n) is 11.0. The van der Waals surface area contributed by atoms with Crippen LogP contribution in [0.5, 0.6) is 0 Å². The minimum atomic E-state index is -0.413. The Kier molecular flexibility index (Phi) is 5.01. The molecule has 7 unspecified atom stereocenters. The standard InChI is InChI=1S/C27H31N3O3S/c1-26-10-9-16(31)12-15(26)5-6-17-18-7-8-19(27(18,2)13-22(32)23(17)26)21-14-34-25(29-21)30-24(33)20-4-3-11-28-20/h3-4,9-12,14,17-19,22-23,28,32H,5-8,13H2,1-2H3,(H,29,30,33). The number of hydrogen-bond donors (Lipinski definition) is 3. The number of rotatable bonds is 3. The molecule has 1 amide bonds. The molecule has 0 bridgehead atoms. The maximum atomic E-state index is 12.4. The Morgan fingerprint density at radius 1 is 1.29 bits per heavy atom. The zero-order chi connectivity index (χ0) is 23.7. The van der Waals surface area contributed by atoms with Gasteiger partial charge in [-0.2, -0.15) is 0 Å². The van der Waals surface area contributed by atoms with E-state index in [4.69, 9.17) is 4.98 Å². The number of H-pyrrole nitrogens is 1. The van der Waals surface area contributed by atoms with Crippen LogP contribution in [-0.2, 0) is 4.79 Å². The smallest absolute Gasteiger partial charge is 0.273 e. The lowest BCUT2D eigenvalue weighted by Gasteiger charge is -2.58. The van der Waals surface area contributed by atoms with Gasteiger partial charge in [-0.3, -0.25) is 14.9 Å². The van der Waals surface area contributed by atoms with Crippen LogP contribution in [0.1, 0.15) is 68.1 Å². The van der Waals surface area contributed by atoms with E-state index in [0.717, 1.165) is 37.8 Å². The van der Waals surface area contributed by atoms with E-state index in [1.165, 1.54) is 16.9 Å². The molecule has 4 aliphatic rings. The highest BCUT2D eigenvalue weighted by atomic mass is 32.1. The highest BCUT2D eigenvalue weighted by Gasteiger charge is 2.61. The van der Waals surface area contributed by atoms with Gasteiger partial charge in [0.1, 0.15) is 5.69 Å². The largest absolute Gasteiger partial charge is 0.393 e. The van der Waals surface area contributed by atoms with E-state index in [1.807, 2.05) is 6.08 Å². The molecular formula is C27H31N3O3S. The van der Waals surface area contributed by atoms with E-state index in [1.54, 1.807) is 24.4 Å². The molecule has 0 radical (unpaired) electrons. The van der Waals surface area contributed by atoms with E-state index in [2.05, 4.69) is 35.6 Å². The third-order valence-electron chi connectivity index (χ3n) is 9.43. The van der Waals surface area contributed by atoms with Gasteiger partial charge in [-0.25, -0.2) is 4.98 Å². The maximum absolute atomic E-state index is 12.4. The molecule has 6 rings (SSSR count). The lowest BCUT2D eigenvalue weighted by atomic mass is 9.47. The van der Waals surface area contributed by atoms with Crippen molar-refractivity contribution in [1.29, 1.82) is 0 Å². The minimum Gasteiger partial charge on any atom is -0.393 e.